The third-order valence-electron chi connectivity index (χ3n) is 5.69. The molecule has 0 saturated carbocycles. The highest BCUT2D eigenvalue weighted by Gasteiger charge is 2.13. The lowest BCUT2D eigenvalue weighted by atomic mass is 10.0. The zero-order valence-corrected chi connectivity index (χ0v) is 25.6. The molecular weight excluding hydrogens is 625 g/mol. The fourth-order valence-electron chi connectivity index (χ4n) is 3.97. The lowest BCUT2D eigenvalue weighted by Crippen LogP contribution is -2.18. The first-order valence-electron chi connectivity index (χ1n) is 12.2. The molecule has 192 valence electrons. The Labute approximate surface area is 239 Å². The summed E-state index contributed by atoms with van der Waals surface area (Å²) in [5.41, 5.74) is 4.73. The molecule has 0 radical (unpaired) electrons. The number of halogens is 4. The molecule has 0 atom stereocenters. The first kappa shape index (κ1) is 29.0. The number of H-pyrrole nitrogens is 1. The van der Waals surface area contributed by atoms with Crippen LogP contribution in [0.1, 0.15) is 51.7 Å². The molecule has 4 nitrogen and oxygen atoms in total. The van der Waals surface area contributed by atoms with Crippen LogP contribution in [0, 0.1) is 5.92 Å². The molecule has 0 fully saturated rings. The van der Waals surface area contributed by atoms with Crippen molar-refractivity contribution in [3.8, 4) is 0 Å². The van der Waals surface area contributed by atoms with Gasteiger partial charge in [-0.05, 0) is 92.6 Å². The molecule has 0 saturated heterocycles. The van der Waals surface area contributed by atoms with Gasteiger partial charge in [0.2, 0.25) is 0 Å². The van der Waals surface area contributed by atoms with Crippen LogP contribution in [-0.4, -0.2) is 16.5 Å². The summed E-state index contributed by atoms with van der Waals surface area (Å²) < 4.78 is 2.00. The van der Waals surface area contributed by atoms with Gasteiger partial charge in [0.05, 0.1) is 16.7 Å². The number of fused-ring (bicyclic) bond motifs is 2. The number of hydrogen-bond acceptors (Lipinski definition) is 3. The Balaban J connectivity index is 0.000000205. The summed E-state index contributed by atoms with van der Waals surface area (Å²) >= 11 is 19.3. The van der Waals surface area contributed by atoms with Crippen LogP contribution >= 0.6 is 55.1 Å². The molecule has 4 aromatic rings. The highest BCUT2D eigenvalue weighted by Crippen LogP contribution is 2.33. The van der Waals surface area contributed by atoms with E-state index in [1.165, 1.54) is 5.56 Å². The quantitative estimate of drug-likeness (QED) is 0.195. The van der Waals surface area contributed by atoms with E-state index in [-0.39, 0.29) is 5.56 Å². The van der Waals surface area contributed by atoms with Gasteiger partial charge < -0.3 is 10.3 Å². The van der Waals surface area contributed by atoms with Crippen molar-refractivity contribution in [3.63, 3.8) is 0 Å². The molecule has 2 aromatic heterocycles. The van der Waals surface area contributed by atoms with Gasteiger partial charge in [-0.15, -0.1) is 0 Å². The molecule has 2 heterocycles. The molecule has 0 spiro atoms. The van der Waals surface area contributed by atoms with Gasteiger partial charge in [-0.25, -0.2) is 4.98 Å². The lowest BCUT2D eigenvalue weighted by Gasteiger charge is -2.16. The van der Waals surface area contributed by atoms with E-state index >= 15 is 0 Å². The summed E-state index contributed by atoms with van der Waals surface area (Å²) in [6.07, 6.45) is 3.78. The molecule has 2 N–H and O–H groups in total. The minimum atomic E-state index is -0.00655. The van der Waals surface area contributed by atoms with Crippen LogP contribution in [0.4, 0.5) is 5.69 Å². The maximum Gasteiger partial charge on any atom is 0.253 e. The summed E-state index contributed by atoms with van der Waals surface area (Å²) in [7, 11) is 0. The molecule has 0 aliphatic heterocycles. The van der Waals surface area contributed by atoms with E-state index in [0.29, 0.717) is 10.9 Å². The average Bonchev–Trinajstić information content (AvgIpc) is 2.83. The number of hydrogen-bond donors (Lipinski definition) is 2. The van der Waals surface area contributed by atoms with Gasteiger partial charge in [0.25, 0.3) is 5.56 Å². The van der Waals surface area contributed by atoms with Crippen molar-refractivity contribution in [3.05, 3.63) is 77.0 Å². The molecule has 4 rings (SSSR count). The monoisotopic (exact) mass is 653 g/mol. The Bertz CT molecular complexity index is 1420. The van der Waals surface area contributed by atoms with Crippen LogP contribution in [0.3, 0.4) is 0 Å². The predicted octanol–water partition coefficient (Wildman–Crippen LogP) is 9.57. The van der Waals surface area contributed by atoms with Gasteiger partial charge in [0, 0.05) is 37.4 Å². The van der Waals surface area contributed by atoms with Gasteiger partial charge in [-0.2, -0.15) is 0 Å². The first-order chi connectivity index (χ1) is 17.2. The number of benzene rings is 2. The van der Waals surface area contributed by atoms with E-state index < -0.39 is 0 Å². The minimum absolute atomic E-state index is 0.00655. The predicted molar refractivity (Wildman–Crippen MR) is 163 cm³/mol. The fourth-order valence-corrected chi connectivity index (χ4v) is 5.87. The Hall–Kier alpha value is -1.60. The Morgan fingerprint density at radius 2 is 1.56 bits per heavy atom. The second kappa shape index (κ2) is 13.3. The summed E-state index contributed by atoms with van der Waals surface area (Å²) in [6, 6.07) is 11.3. The number of rotatable bonds is 7. The minimum Gasteiger partial charge on any atom is -0.384 e. The lowest BCUT2D eigenvalue weighted by molar-refractivity contribution is 0.688. The van der Waals surface area contributed by atoms with Gasteiger partial charge >= 0.3 is 0 Å². The summed E-state index contributed by atoms with van der Waals surface area (Å²) in [5, 5.41) is 6.90. The molecule has 0 bridgehead atoms. The third-order valence-corrected chi connectivity index (χ3v) is 7.72. The van der Waals surface area contributed by atoms with Gasteiger partial charge in [0.1, 0.15) is 4.60 Å². The Morgan fingerprint density at radius 1 is 0.944 bits per heavy atom. The Morgan fingerprint density at radius 3 is 2.19 bits per heavy atom. The highest BCUT2D eigenvalue weighted by molar-refractivity contribution is 9.11. The van der Waals surface area contributed by atoms with E-state index in [1.54, 1.807) is 6.07 Å². The maximum absolute atomic E-state index is 12.2. The molecular formula is C28H31Br2Cl2N3O. The van der Waals surface area contributed by atoms with Crippen LogP contribution in [-0.2, 0) is 12.8 Å². The molecule has 8 heteroatoms. The van der Waals surface area contributed by atoms with Crippen molar-refractivity contribution in [1.29, 1.82) is 0 Å². The van der Waals surface area contributed by atoms with Crippen molar-refractivity contribution in [2.45, 2.75) is 53.4 Å². The number of aromatic amines is 1. The second-order valence-corrected chi connectivity index (χ2v) is 11.5. The van der Waals surface area contributed by atoms with Gasteiger partial charge in [-0.3, -0.25) is 4.79 Å². The Kier molecular flexibility index (Phi) is 10.7. The largest absolute Gasteiger partial charge is 0.384 e. The van der Waals surface area contributed by atoms with Gasteiger partial charge in [-0.1, -0.05) is 63.7 Å². The number of pyridine rings is 2. The average molecular weight is 656 g/mol. The highest BCUT2D eigenvalue weighted by atomic mass is 79.9. The third kappa shape index (κ3) is 7.03. The maximum atomic E-state index is 12.2. The summed E-state index contributed by atoms with van der Waals surface area (Å²) in [6.45, 7) is 9.36. The van der Waals surface area contributed by atoms with Crippen LogP contribution in [0.25, 0.3) is 21.8 Å². The number of nitrogens with one attached hydrogen (secondary N) is 2. The van der Waals surface area contributed by atoms with E-state index in [4.69, 9.17) is 23.2 Å². The first-order valence-corrected chi connectivity index (χ1v) is 14.5. The molecule has 0 amide bonds. The number of aromatic nitrogens is 2. The van der Waals surface area contributed by atoms with E-state index in [1.807, 2.05) is 30.3 Å². The number of nitrogens with zero attached hydrogens (tertiary/aromatic N) is 1. The van der Waals surface area contributed by atoms with E-state index in [9.17, 15) is 4.79 Å². The zero-order valence-electron chi connectivity index (χ0n) is 20.9. The molecule has 0 aliphatic carbocycles. The SMILES string of the molecule is CCCc1c(Br)nc2ccc(Cl)cc2c1Br.CCCc1c(NCC(C)C)c2cc(Cl)ccc2[nH]c1=O. The normalized spacial score (nSPS) is 11.1. The molecule has 36 heavy (non-hydrogen) atoms. The topological polar surface area (TPSA) is 57.8 Å². The van der Waals surface area contributed by atoms with E-state index in [2.05, 4.69) is 74.8 Å². The van der Waals surface area contributed by atoms with Crippen molar-refractivity contribution in [2.24, 2.45) is 5.92 Å². The zero-order chi connectivity index (χ0) is 26.4. The van der Waals surface area contributed by atoms with Crippen molar-refractivity contribution in [2.75, 3.05) is 11.9 Å². The van der Waals surface area contributed by atoms with E-state index in [0.717, 1.165) is 79.4 Å². The van der Waals surface area contributed by atoms with Crippen molar-refractivity contribution < 1.29 is 0 Å². The van der Waals surface area contributed by atoms with Crippen LogP contribution in [0.15, 0.2) is 50.3 Å². The molecule has 0 aliphatic rings. The fraction of sp³-hybridized carbons (Fsp3) is 0.357. The standard InChI is InChI=1S/C16H21ClN2O.C12H10Br2ClN/c1-4-5-12-15(18-9-10(2)3)13-8-11(17)6-7-14(13)19-16(12)20;1-2-3-8-11(13)9-6-7(15)4-5-10(9)16-12(8)14/h6-8,10H,4-5,9H2,1-3H3,(H2,18,19,20);4-6H,2-3H2,1H3. The van der Waals surface area contributed by atoms with Gasteiger partial charge in [0.15, 0.2) is 0 Å². The molecule has 2 aromatic carbocycles. The van der Waals surface area contributed by atoms with Crippen LogP contribution in [0.5, 0.6) is 0 Å². The van der Waals surface area contributed by atoms with Crippen LogP contribution in [0.2, 0.25) is 10.0 Å². The molecule has 0 unspecified atom stereocenters. The summed E-state index contributed by atoms with van der Waals surface area (Å²) in [5.74, 6) is 0.512. The van der Waals surface area contributed by atoms with Crippen molar-refractivity contribution in [1.82, 2.24) is 9.97 Å². The number of anilines is 1. The van der Waals surface area contributed by atoms with Crippen molar-refractivity contribution >= 4 is 82.6 Å². The second-order valence-electron chi connectivity index (χ2n) is 9.13. The summed E-state index contributed by atoms with van der Waals surface area (Å²) in [4.78, 5) is 19.7. The van der Waals surface area contributed by atoms with Crippen LogP contribution < -0.4 is 10.9 Å². The smallest absolute Gasteiger partial charge is 0.253 e.